The minimum Gasteiger partial charge on any atom is -0.478 e. The molecule has 2 rings (SSSR count). The topological polar surface area (TPSA) is 84.2 Å². The molecule has 0 bridgehead atoms. The lowest BCUT2D eigenvalue weighted by molar-refractivity contribution is -0.119. The maximum atomic E-state index is 12.2. The van der Waals surface area contributed by atoms with Gasteiger partial charge < -0.3 is 10.4 Å². The number of amides is 1. The van der Waals surface area contributed by atoms with Crippen LogP contribution in [0.4, 0.5) is 5.69 Å². The summed E-state index contributed by atoms with van der Waals surface area (Å²) < 4.78 is 1.33. The van der Waals surface area contributed by atoms with E-state index in [1.807, 2.05) is 24.3 Å². The fourth-order valence-electron chi connectivity index (χ4n) is 1.98. The molecule has 0 aliphatic heterocycles. The Kier molecular flexibility index (Phi) is 4.60. The highest BCUT2D eigenvalue weighted by atomic mass is 16.4. The van der Waals surface area contributed by atoms with Crippen LogP contribution in [0.5, 0.6) is 0 Å². The van der Waals surface area contributed by atoms with Gasteiger partial charge in [0.1, 0.15) is 6.04 Å². The fraction of sp³-hybridized carbons (Fsp3) is 0.312. The van der Waals surface area contributed by atoms with Crippen molar-refractivity contribution in [3.63, 3.8) is 0 Å². The van der Waals surface area contributed by atoms with Crippen LogP contribution in [-0.2, 0) is 4.79 Å². The summed E-state index contributed by atoms with van der Waals surface area (Å²) in [6, 6.07) is 7.05. The molecule has 0 saturated heterocycles. The van der Waals surface area contributed by atoms with Gasteiger partial charge in [-0.3, -0.25) is 9.48 Å². The first-order valence-electron chi connectivity index (χ1n) is 7.06. The molecule has 0 fully saturated rings. The van der Waals surface area contributed by atoms with Gasteiger partial charge in [0.25, 0.3) is 0 Å². The minimum absolute atomic E-state index is 0.0564. The quantitative estimate of drug-likeness (QED) is 0.889. The molecule has 0 aliphatic carbocycles. The third kappa shape index (κ3) is 3.52. The maximum Gasteiger partial charge on any atom is 0.338 e. The van der Waals surface area contributed by atoms with Crippen molar-refractivity contribution >= 4 is 17.6 Å². The van der Waals surface area contributed by atoms with E-state index in [0.717, 1.165) is 0 Å². The summed E-state index contributed by atoms with van der Waals surface area (Å²) >= 11 is 0. The van der Waals surface area contributed by atoms with E-state index >= 15 is 0 Å². The van der Waals surface area contributed by atoms with Crippen LogP contribution in [0.2, 0.25) is 0 Å². The van der Waals surface area contributed by atoms with Gasteiger partial charge in [0.2, 0.25) is 5.91 Å². The molecule has 0 spiro atoms. The normalized spacial score (nSPS) is 12.2. The highest BCUT2D eigenvalue weighted by molar-refractivity contribution is 5.93. The van der Waals surface area contributed by atoms with Gasteiger partial charge >= 0.3 is 5.97 Å². The van der Waals surface area contributed by atoms with Gasteiger partial charge in [-0.05, 0) is 30.5 Å². The van der Waals surface area contributed by atoms with Gasteiger partial charge in [-0.2, -0.15) is 5.10 Å². The van der Waals surface area contributed by atoms with Crippen LogP contribution < -0.4 is 5.32 Å². The lowest BCUT2D eigenvalue weighted by Gasteiger charge is -2.13. The Morgan fingerprint density at radius 2 is 1.82 bits per heavy atom. The third-order valence-corrected chi connectivity index (χ3v) is 3.47. The van der Waals surface area contributed by atoms with E-state index in [9.17, 15) is 9.59 Å². The predicted octanol–water partition coefficient (Wildman–Crippen LogP) is 2.90. The van der Waals surface area contributed by atoms with Crippen LogP contribution in [0.1, 0.15) is 48.7 Å². The first kappa shape index (κ1) is 15.8. The number of nitrogens with one attached hydrogen (secondary N) is 1. The van der Waals surface area contributed by atoms with E-state index in [1.165, 1.54) is 22.6 Å². The highest BCUT2D eigenvalue weighted by Crippen LogP contribution is 2.18. The second kappa shape index (κ2) is 6.43. The van der Waals surface area contributed by atoms with Crippen LogP contribution in [0, 0.1) is 0 Å². The molecule has 116 valence electrons. The number of aromatic nitrogens is 2. The number of hydrogen-bond acceptors (Lipinski definition) is 3. The van der Waals surface area contributed by atoms with Crippen molar-refractivity contribution < 1.29 is 14.7 Å². The average molecular weight is 301 g/mol. The molecule has 1 heterocycles. The number of carboxylic acids is 1. The Balaban J connectivity index is 2.05. The lowest BCUT2D eigenvalue weighted by Crippen LogP contribution is -2.24. The van der Waals surface area contributed by atoms with Gasteiger partial charge in [0.05, 0.1) is 11.8 Å². The summed E-state index contributed by atoms with van der Waals surface area (Å²) in [5.74, 6) is -0.886. The number of nitrogens with zero attached hydrogens (tertiary/aromatic N) is 2. The zero-order valence-corrected chi connectivity index (χ0v) is 12.8. The van der Waals surface area contributed by atoms with E-state index in [2.05, 4.69) is 24.3 Å². The standard InChI is InChI=1S/C16H19N3O3/c1-10(2)12-4-6-14(7-5-12)18-15(20)11(3)19-9-13(8-17-19)16(21)22/h4-11H,1-3H3,(H,18,20)(H,21,22). The molecule has 22 heavy (non-hydrogen) atoms. The van der Waals surface area contributed by atoms with Crippen molar-refractivity contribution in [1.29, 1.82) is 0 Å². The monoisotopic (exact) mass is 301 g/mol. The summed E-state index contributed by atoms with van der Waals surface area (Å²) in [7, 11) is 0. The molecule has 1 aromatic heterocycles. The molecule has 1 atom stereocenters. The van der Waals surface area contributed by atoms with Crippen LogP contribution in [0.15, 0.2) is 36.7 Å². The van der Waals surface area contributed by atoms with Gasteiger partial charge in [0, 0.05) is 11.9 Å². The zero-order valence-electron chi connectivity index (χ0n) is 12.8. The molecule has 2 aromatic rings. The number of hydrogen-bond donors (Lipinski definition) is 2. The molecule has 1 unspecified atom stereocenters. The summed E-state index contributed by atoms with van der Waals surface area (Å²) in [6.07, 6.45) is 2.57. The Bertz CT molecular complexity index is 674. The minimum atomic E-state index is -1.07. The van der Waals surface area contributed by atoms with Crippen LogP contribution in [-0.4, -0.2) is 26.8 Å². The van der Waals surface area contributed by atoms with Gasteiger partial charge in [-0.15, -0.1) is 0 Å². The second-order valence-electron chi connectivity index (χ2n) is 5.46. The number of anilines is 1. The van der Waals surface area contributed by atoms with Crippen molar-refractivity contribution in [2.45, 2.75) is 32.7 Å². The molecule has 0 saturated carbocycles. The maximum absolute atomic E-state index is 12.2. The Labute approximate surface area is 128 Å². The molecule has 1 amide bonds. The third-order valence-electron chi connectivity index (χ3n) is 3.47. The fourth-order valence-corrected chi connectivity index (χ4v) is 1.98. The van der Waals surface area contributed by atoms with Gasteiger partial charge in [-0.1, -0.05) is 26.0 Å². The largest absolute Gasteiger partial charge is 0.478 e. The zero-order chi connectivity index (χ0) is 16.3. The number of carbonyl (C=O) groups is 2. The number of carbonyl (C=O) groups excluding carboxylic acids is 1. The van der Waals surface area contributed by atoms with Crippen LogP contribution in [0.3, 0.4) is 0 Å². The van der Waals surface area contributed by atoms with E-state index < -0.39 is 12.0 Å². The summed E-state index contributed by atoms with van der Waals surface area (Å²) in [5, 5.41) is 15.6. The highest BCUT2D eigenvalue weighted by Gasteiger charge is 2.17. The van der Waals surface area contributed by atoms with Crippen LogP contribution >= 0.6 is 0 Å². The van der Waals surface area contributed by atoms with Crippen LogP contribution in [0.25, 0.3) is 0 Å². The molecule has 6 heteroatoms. The Morgan fingerprint density at radius 3 is 2.32 bits per heavy atom. The van der Waals surface area contributed by atoms with Crippen molar-refractivity contribution in [2.24, 2.45) is 0 Å². The summed E-state index contributed by atoms with van der Waals surface area (Å²) in [4.78, 5) is 23.0. The van der Waals surface area contributed by atoms with E-state index in [1.54, 1.807) is 6.92 Å². The van der Waals surface area contributed by atoms with Gasteiger partial charge in [-0.25, -0.2) is 4.79 Å². The SMILES string of the molecule is CC(C)c1ccc(NC(=O)C(C)n2cc(C(=O)O)cn2)cc1. The predicted molar refractivity (Wildman–Crippen MR) is 83.1 cm³/mol. The van der Waals surface area contributed by atoms with E-state index in [0.29, 0.717) is 11.6 Å². The molecular weight excluding hydrogens is 282 g/mol. The lowest BCUT2D eigenvalue weighted by atomic mass is 10.0. The first-order valence-corrected chi connectivity index (χ1v) is 7.06. The number of carboxylic acid groups (broad SMARTS) is 1. The molecule has 6 nitrogen and oxygen atoms in total. The summed E-state index contributed by atoms with van der Waals surface area (Å²) in [6.45, 7) is 5.87. The number of benzene rings is 1. The Morgan fingerprint density at radius 1 is 1.18 bits per heavy atom. The van der Waals surface area contributed by atoms with Crippen molar-refractivity contribution in [1.82, 2.24) is 9.78 Å². The number of rotatable bonds is 5. The molecule has 1 aromatic carbocycles. The smallest absolute Gasteiger partial charge is 0.338 e. The van der Waals surface area contributed by atoms with E-state index in [4.69, 9.17) is 5.11 Å². The Hall–Kier alpha value is -2.63. The molecule has 0 aliphatic rings. The van der Waals surface area contributed by atoms with Crippen molar-refractivity contribution in [3.05, 3.63) is 47.8 Å². The number of aromatic carboxylic acids is 1. The molecule has 2 N–H and O–H groups in total. The molecule has 0 radical (unpaired) electrons. The second-order valence-corrected chi connectivity index (χ2v) is 5.46. The molecular formula is C16H19N3O3. The van der Waals surface area contributed by atoms with Crippen molar-refractivity contribution in [3.8, 4) is 0 Å². The van der Waals surface area contributed by atoms with Gasteiger partial charge in [0.15, 0.2) is 0 Å². The summed E-state index contributed by atoms with van der Waals surface area (Å²) in [5.41, 5.74) is 1.96. The average Bonchev–Trinajstić information content (AvgIpc) is 2.97. The van der Waals surface area contributed by atoms with E-state index in [-0.39, 0.29) is 11.5 Å². The first-order chi connectivity index (χ1) is 10.4. The van der Waals surface area contributed by atoms with Crippen molar-refractivity contribution in [2.75, 3.05) is 5.32 Å².